The van der Waals surface area contributed by atoms with Crippen molar-refractivity contribution in [1.29, 1.82) is 0 Å². The van der Waals surface area contributed by atoms with E-state index in [1.807, 2.05) is 63.4 Å². The van der Waals surface area contributed by atoms with Crippen LogP contribution in [0.2, 0.25) is 0 Å². The van der Waals surface area contributed by atoms with E-state index in [0.29, 0.717) is 24.5 Å². The first kappa shape index (κ1) is 27.2. The molecule has 0 saturated heterocycles. The van der Waals surface area contributed by atoms with Gasteiger partial charge >= 0.3 is 0 Å². The molecule has 3 aromatic carbocycles. The molecule has 0 N–H and O–H groups in total. The molecule has 0 aliphatic rings. The van der Waals surface area contributed by atoms with E-state index in [9.17, 15) is 4.79 Å². The maximum absolute atomic E-state index is 13.2. The third-order valence-electron chi connectivity index (χ3n) is 5.72. The van der Waals surface area contributed by atoms with Gasteiger partial charge in [0.15, 0.2) is 5.78 Å². The van der Waals surface area contributed by atoms with Crippen molar-refractivity contribution in [3.05, 3.63) is 89.0 Å². The molecular formula is C31H38N2O3. The molecule has 0 atom stereocenters. The van der Waals surface area contributed by atoms with Crippen LogP contribution < -0.4 is 9.47 Å². The third kappa shape index (κ3) is 8.08. The van der Waals surface area contributed by atoms with Crippen LogP contribution in [0.1, 0.15) is 27.0 Å². The summed E-state index contributed by atoms with van der Waals surface area (Å²) in [6.07, 6.45) is 3.45. The van der Waals surface area contributed by atoms with Crippen molar-refractivity contribution in [3.63, 3.8) is 0 Å². The predicted molar refractivity (Wildman–Crippen MR) is 149 cm³/mol. The van der Waals surface area contributed by atoms with Crippen LogP contribution in [0.4, 0.5) is 0 Å². The predicted octanol–water partition coefficient (Wildman–Crippen LogP) is 5.75. The van der Waals surface area contributed by atoms with Crippen LogP contribution in [-0.4, -0.2) is 70.1 Å². The van der Waals surface area contributed by atoms with Crippen molar-refractivity contribution < 1.29 is 14.3 Å². The summed E-state index contributed by atoms with van der Waals surface area (Å²) in [7, 11) is 8.02. The first-order valence-electron chi connectivity index (χ1n) is 12.3. The summed E-state index contributed by atoms with van der Waals surface area (Å²) in [6.45, 7) is 6.87. The Balaban J connectivity index is 1.89. The van der Waals surface area contributed by atoms with Crippen molar-refractivity contribution in [2.45, 2.75) is 13.8 Å². The highest BCUT2D eigenvalue weighted by Crippen LogP contribution is 2.30. The summed E-state index contributed by atoms with van der Waals surface area (Å²) >= 11 is 0. The maximum atomic E-state index is 13.2. The minimum absolute atomic E-state index is 0.105. The van der Waals surface area contributed by atoms with Crippen LogP contribution in [0.25, 0.3) is 17.2 Å². The van der Waals surface area contributed by atoms with Crippen molar-refractivity contribution in [1.82, 2.24) is 9.80 Å². The van der Waals surface area contributed by atoms with Gasteiger partial charge in [0, 0.05) is 18.7 Å². The molecule has 0 spiro atoms. The highest BCUT2D eigenvalue weighted by Gasteiger charge is 2.11. The number of carbonyl (C=O) groups is 1. The fraction of sp³-hybridized carbons (Fsp3) is 0.323. The van der Waals surface area contributed by atoms with Crippen LogP contribution in [0.5, 0.6) is 11.5 Å². The number of allylic oxidation sites excluding steroid dienone is 1. The van der Waals surface area contributed by atoms with Crippen molar-refractivity contribution in [2.24, 2.45) is 0 Å². The van der Waals surface area contributed by atoms with Crippen LogP contribution in [0, 0.1) is 13.8 Å². The van der Waals surface area contributed by atoms with Crippen LogP contribution in [0.15, 0.2) is 66.7 Å². The standard InChI is InChI=1S/C31H38N2O3/c1-23-19-24(2)21-27(20-23)25-12-14-30(35-17-15-32(3)4)26(22-25)11-13-29(34)28-9-7-8-10-31(28)36-18-16-33(5)6/h7-14,19-22H,15-18H2,1-6H3/b13-11+. The molecule has 3 rings (SSSR count). The van der Waals surface area contributed by atoms with Gasteiger partial charge in [-0.15, -0.1) is 0 Å². The molecule has 5 heteroatoms. The number of rotatable bonds is 12. The van der Waals surface area contributed by atoms with Gasteiger partial charge in [0.1, 0.15) is 24.7 Å². The molecule has 0 heterocycles. The summed E-state index contributed by atoms with van der Waals surface area (Å²) in [6, 6.07) is 20.1. The van der Waals surface area contributed by atoms with Crippen molar-refractivity contribution in [3.8, 4) is 22.6 Å². The summed E-state index contributed by atoms with van der Waals surface area (Å²) in [5.74, 6) is 1.25. The quantitative estimate of drug-likeness (QED) is 0.241. The zero-order valence-electron chi connectivity index (χ0n) is 22.4. The molecule has 0 aromatic heterocycles. The number of carbonyl (C=O) groups excluding carboxylic acids is 1. The molecule has 0 amide bonds. The van der Waals surface area contributed by atoms with Crippen LogP contribution in [-0.2, 0) is 0 Å². The third-order valence-corrected chi connectivity index (χ3v) is 5.72. The van der Waals surface area contributed by atoms with Gasteiger partial charge in [0.25, 0.3) is 0 Å². The number of aryl methyl sites for hydroxylation is 2. The van der Waals surface area contributed by atoms with Gasteiger partial charge in [-0.05, 0) is 89.6 Å². The summed E-state index contributed by atoms with van der Waals surface area (Å²) in [5, 5.41) is 0. The van der Waals surface area contributed by atoms with Gasteiger partial charge in [-0.2, -0.15) is 0 Å². The lowest BCUT2D eigenvalue weighted by atomic mass is 9.98. The Hall–Kier alpha value is -3.41. The molecule has 5 nitrogen and oxygen atoms in total. The van der Waals surface area contributed by atoms with E-state index in [2.05, 4.69) is 49.1 Å². The summed E-state index contributed by atoms with van der Waals surface area (Å²) in [4.78, 5) is 17.3. The van der Waals surface area contributed by atoms with Gasteiger partial charge < -0.3 is 19.3 Å². The first-order valence-corrected chi connectivity index (χ1v) is 12.3. The van der Waals surface area contributed by atoms with Gasteiger partial charge in [-0.3, -0.25) is 4.79 Å². The van der Waals surface area contributed by atoms with E-state index in [-0.39, 0.29) is 5.78 Å². The maximum Gasteiger partial charge on any atom is 0.189 e. The lowest BCUT2D eigenvalue weighted by Gasteiger charge is -2.14. The number of para-hydroxylation sites is 1. The minimum atomic E-state index is -0.105. The monoisotopic (exact) mass is 486 g/mol. The van der Waals surface area contributed by atoms with Crippen LogP contribution in [0.3, 0.4) is 0 Å². The zero-order valence-corrected chi connectivity index (χ0v) is 22.4. The second-order valence-electron chi connectivity index (χ2n) is 9.63. The Morgan fingerprint density at radius 1 is 0.750 bits per heavy atom. The molecule has 0 saturated carbocycles. The number of ether oxygens (including phenoxy) is 2. The molecule has 0 bridgehead atoms. The molecule has 0 unspecified atom stereocenters. The second-order valence-corrected chi connectivity index (χ2v) is 9.63. The number of benzene rings is 3. The largest absolute Gasteiger partial charge is 0.492 e. The summed E-state index contributed by atoms with van der Waals surface area (Å²) < 4.78 is 12.0. The Bertz CT molecular complexity index is 1180. The van der Waals surface area contributed by atoms with Crippen molar-refractivity contribution >= 4 is 11.9 Å². The molecule has 190 valence electrons. The number of likely N-dealkylation sites (N-methyl/N-ethyl adjacent to an activating group) is 2. The van der Waals surface area contributed by atoms with Gasteiger partial charge in [-0.1, -0.05) is 47.5 Å². The Morgan fingerprint density at radius 2 is 1.36 bits per heavy atom. The molecular weight excluding hydrogens is 448 g/mol. The fourth-order valence-electron chi connectivity index (χ4n) is 3.86. The Labute approximate surface area is 216 Å². The van der Waals surface area contributed by atoms with E-state index in [0.717, 1.165) is 35.5 Å². The number of nitrogens with zero attached hydrogens (tertiary/aromatic N) is 2. The van der Waals surface area contributed by atoms with E-state index < -0.39 is 0 Å². The van der Waals surface area contributed by atoms with Gasteiger partial charge in [0.2, 0.25) is 0 Å². The average molecular weight is 487 g/mol. The first-order chi connectivity index (χ1) is 17.2. The van der Waals surface area contributed by atoms with E-state index in [4.69, 9.17) is 9.47 Å². The van der Waals surface area contributed by atoms with Crippen LogP contribution >= 0.6 is 0 Å². The molecule has 0 radical (unpaired) electrons. The molecule has 0 aliphatic carbocycles. The number of hydrogen-bond acceptors (Lipinski definition) is 5. The number of hydrogen-bond donors (Lipinski definition) is 0. The summed E-state index contributed by atoms with van der Waals surface area (Å²) in [5.41, 5.74) is 6.08. The zero-order chi connectivity index (χ0) is 26.1. The molecule has 0 fully saturated rings. The number of ketones is 1. The molecule has 3 aromatic rings. The lowest BCUT2D eigenvalue weighted by molar-refractivity contribution is 0.104. The van der Waals surface area contributed by atoms with Gasteiger partial charge in [-0.25, -0.2) is 0 Å². The van der Waals surface area contributed by atoms with E-state index in [1.165, 1.54) is 11.1 Å². The normalized spacial score (nSPS) is 11.4. The topological polar surface area (TPSA) is 42.0 Å². The SMILES string of the molecule is Cc1cc(C)cc(-c2ccc(OCCN(C)C)c(/C=C/C(=O)c3ccccc3OCCN(C)C)c2)c1. The highest BCUT2D eigenvalue weighted by molar-refractivity contribution is 6.08. The smallest absolute Gasteiger partial charge is 0.189 e. The Kier molecular flexibility index (Phi) is 9.86. The fourth-order valence-corrected chi connectivity index (χ4v) is 3.86. The highest BCUT2D eigenvalue weighted by atomic mass is 16.5. The van der Waals surface area contributed by atoms with E-state index >= 15 is 0 Å². The minimum Gasteiger partial charge on any atom is -0.492 e. The average Bonchev–Trinajstić information content (AvgIpc) is 2.82. The van der Waals surface area contributed by atoms with Gasteiger partial charge in [0.05, 0.1) is 5.56 Å². The Morgan fingerprint density at radius 3 is 2.00 bits per heavy atom. The molecule has 36 heavy (non-hydrogen) atoms. The van der Waals surface area contributed by atoms with Crippen molar-refractivity contribution in [2.75, 3.05) is 54.5 Å². The van der Waals surface area contributed by atoms with E-state index in [1.54, 1.807) is 12.1 Å². The second kappa shape index (κ2) is 13.1. The lowest BCUT2D eigenvalue weighted by Crippen LogP contribution is -2.20. The molecule has 0 aliphatic heterocycles.